The predicted octanol–water partition coefficient (Wildman–Crippen LogP) is 3.60. The summed E-state index contributed by atoms with van der Waals surface area (Å²) in [5.41, 5.74) is 1.28. The summed E-state index contributed by atoms with van der Waals surface area (Å²) in [6.45, 7) is 1.28. The van der Waals surface area contributed by atoms with E-state index in [9.17, 15) is 4.79 Å². The minimum Gasteiger partial charge on any atom is -0.457 e. The number of anilines is 1. The van der Waals surface area contributed by atoms with E-state index in [1.807, 2.05) is 0 Å². The number of hydrogen-bond donors (Lipinski definition) is 1. The molecule has 2 amide bonds. The summed E-state index contributed by atoms with van der Waals surface area (Å²) >= 11 is 0. The van der Waals surface area contributed by atoms with Gasteiger partial charge in [0.15, 0.2) is 0 Å². The van der Waals surface area contributed by atoms with Gasteiger partial charge in [-0.25, -0.2) is 4.79 Å². The second kappa shape index (κ2) is 7.69. The van der Waals surface area contributed by atoms with E-state index >= 15 is 0 Å². The topological polar surface area (TPSA) is 74.6 Å². The minimum absolute atomic E-state index is 0.124. The number of carbonyl (C=O) groups excluding carboxylic acids is 1. The summed E-state index contributed by atoms with van der Waals surface area (Å²) in [6, 6.07) is 16.1. The van der Waals surface area contributed by atoms with E-state index in [2.05, 4.69) is 11.4 Å². The molecule has 25 heavy (non-hydrogen) atoms. The zero-order valence-electron chi connectivity index (χ0n) is 13.9. The van der Waals surface area contributed by atoms with E-state index in [1.165, 1.54) is 0 Å². The normalized spacial score (nSPS) is 16.1. The van der Waals surface area contributed by atoms with Crippen LogP contribution in [-0.4, -0.2) is 37.2 Å². The lowest BCUT2D eigenvalue weighted by atomic mass is 10.2. The van der Waals surface area contributed by atoms with Crippen molar-refractivity contribution in [3.05, 3.63) is 54.1 Å². The molecule has 1 fully saturated rings. The molecule has 0 saturated carbocycles. The number of urea groups is 1. The van der Waals surface area contributed by atoms with Crippen molar-refractivity contribution in [2.45, 2.75) is 12.5 Å². The van der Waals surface area contributed by atoms with Crippen molar-refractivity contribution in [1.82, 2.24) is 4.90 Å². The molecule has 0 bridgehead atoms. The molecule has 128 valence electrons. The molecule has 0 aliphatic carbocycles. The molecule has 2 aromatic carbocycles. The van der Waals surface area contributed by atoms with Gasteiger partial charge >= 0.3 is 6.03 Å². The second-order valence-corrected chi connectivity index (χ2v) is 5.82. The van der Waals surface area contributed by atoms with E-state index in [-0.39, 0.29) is 12.1 Å². The van der Waals surface area contributed by atoms with Gasteiger partial charge in [0, 0.05) is 19.3 Å². The number of nitrogens with one attached hydrogen (secondary N) is 1. The van der Waals surface area contributed by atoms with Crippen LogP contribution >= 0.6 is 0 Å². The van der Waals surface area contributed by atoms with E-state index in [0.717, 1.165) is 6.42 Å². The lowest BCUT2D eigenvalue weighted by molar-refractivity contribution is 0.164. The van der Waals surface area contributed by atoms with Gasteiger partial charge in [-0.05, 0) is 55.0 Å². The molecule has 1 aliphatic rings. The maximum Gasteiger partial charge on any atom is 0.321 e. The number of rotatable bonds is 4. The van der Waals surface area contributed by atoms with Crippen LogP contribution in [0.15, 0.2) is 48.5 Å². The number of nitrogens with zero attached hydrogens (tertiary/aromatic N) is 2. The van der Waals surface area contributed by atoms with Crippen molar-refractivity contribution in [3.63, 3.8) is 0 Å². The summed E-state index contributed by atoms with van der Waals surface area (Å²) in [6.07, 6.45) is 0.862. The number of likely N-dealkylation sites (N-methyl/N-ethyl adjacent to an activating group) is 1. The van der Waals surface area contributed by atoms with Gasteiger partial charge in [0.05, 0.1) is 24.3 Å². The lowest BCUT2D eigenvalue weighted by Crippen LogP contribution is -2.40. The highest BCUT2D eigenvalue weighted by molar-refractivity contribution is 5.89. The Labute approximate surface area is 146 Å². The number of ether oxygens (including phenoxy) is 2. The van der Waals surface area contributed by atoms with Crippen LogP contribution in [-0.2, 0) is 4.74 Å². The van der Waals surface area contributed by atoms with Gasteiger partial charge in [-0.1, -0.05) is 0 Å². The average molecular weight is 337 g/mol. The van der Waals surface area contributed by atoms with E-state index < -0.39 is 0 Å². The van der Waals surface area contributed by atoms with Gasteiger partial charge in [0.2, 0.25) is 0 Å². The van der Waals surface area contributed by atoms with E-state index in [4.69, 9.17) is 14.7 Å². The summed E-state index contributed by atoms with van der Waals surface area (Å²) < 4.78 is 11.0. The van der Waals surface area contributed by atoms with Gasteiger partial charge in [0.1, 0.15) is 11.5 Å². The highest BCUT2D eigenvalue weighted by Gasteiger charge is 2.24. The molecule has 0 unspecified atom stereocenters. The number of hydrogen-bond acceptors (Lipinski definition) is 4. The standard InChI is InChI=1S/C19H19N3O3/c1-22(16-10-11-24-13-16)19(23)21-15-4-8-18(9-5-15)25-17-6-2-14(12-20)3-7-17/h2-9,16H,10-11,13H2,1H3,(H,21,23)/t16-/m0/s1. The Morgan fingerprint density at radius 3 is 2.40 bits per heavy atom. The highest BCUT2D eigenvalue weighted by Crippen LogP contribution is 2.23. The maximum atomic E-state index is 12.2. The monoisotopic (exact) mass is 337 g/mol. The molecule has 3 rings (SSSR count). The third kappa shape index (κ3) is 4.28. The van der Waals surface area contributed by atoms with E-state index in [0.29, 0.717) is 36.0 Å². The van der Waals surface area contributed by atoms with Gasteiger partial charge in [-0.2, -0.15) is 5.26 Å². The zero-order chi connectivity index (χ0) is 17.6. The van der Waals surface area contributed by atoms with Crippen molar-refractivity contribution in [2.75, 3.05) is 25.6 Å². The van der Waals surface area contributed by atoms with E-state index in [1.54, 1.807) is 60.5 Å². The fraction of sp³-hybridized carbons (Fsp3) is 0.263. The quantitative estimate of drug-likeness (QED) is 0.925. The van der Waals surface area contributed by atoms with Gasteiger partial charge in [0.25, 0.3) is 0 Å². The predicted molar refractivity (Wildman–Crippen MR) is 93.7 cm³/mol. The summed E-state index contributed by atoms with van der Waals surface area (Å²) in [4.78, 5) is 13.9. The molecule has 1 aliphatic heterocycles. The van der Waals surface area contributed by atoms with Crippen molar-refractivity contribution in [2.24, 2.45) is 0 Å². The fourth-order valence-corrected chi connectivity index (χ4v) is 2.54. The summed E-state index contributed by atoms with van der Waals surface area (Å²) in [7, 11) is 1.77. The van der Waals surface area contributed by atoms with Crippen LogP contribution in [0.5, 0.6) is 11.5 Å². The fourth-order valence-electron chi connectivity index (χ4n) is 2.54. The first-order valence-corrected chi connectivity index (χ1v) is 8.05. The van der Waals surface area contributed by atoms with Gasteiger partial charge in [-0.3, -0.25) is 0 Å². The van der Waals surface area contributed by atoms with Crippen molar-refractivity contribution in [3.8, 4) is 17.6 Å². The molecule has 0 spiro atoms. The van der Waals surface area contributed by atoms with Crippen molar-refractivity contribution in [1.29, 1.82) is 5.26 Å². The first kappa shape index (κ1) is 16.8. The highest BCUT2D eigenvalue weighted by atomic mass is 16.5. The lowest BCUT2D eigenvalue weighted by Gasteiger charge is -2.23. The van der Waals surface area contributed by atoms with Crippen molar-refractivity contribution < 1.29 is 14.3 Å². The maximum absolute atomic E-state index is 12.2. The summed E-state index contributed by atoms with van der Waals surface area (Å²) in [5, 5.41) is 11.7. The Hall–Kier alpha value is -3.04. The van der Waals surface area contributed by atoms with Crippen LogP contribution in [0, 0.1) is 11.3 Å². The van der Waals surface area contributed by atoms with Crippen molar-refractivity contribution >= 4 is 11.7 Å². The minimum atomic E-state index is -0.156. The smallest absolute Gasteiger partial charge is 0.321 e. The number of amides is 2. The first-order valence-electron chi connectivity index (χ1n) is 8.05. The Kier molecular flexibility index (Phi) is 5.17. The SMILES string of the molecule is CN(C(=O)Nc1ccc(Oc2ccc(C#N)cc2)cc1)[C@H]1CCOC1. The average Bonchev–Trinajstić information content (AvgIpc) is 3.18. The van der Waals surface area contributed by atoms with Gasteiger partial charge in [-0.15, -0.1) is 0 Å². The Morgan fingerprint density at radius 1 is 1.20 bits per heavy atom. The molecule has 0 radical (unpaired) electrons. The van der Waals surface area contributed by atoms with Crippen LogP contribution < -0.4 is 10.1 Å². The molecule has 1 heterocycles. The third-order valence-corrected chi connectivity index (χ3v) is 4.10. The molecule has 1 N–H and O–H groups in total. The van der Waals surface area contributed by atoms with Crippen LogP contribution in [0.25, 0.3) is 0 Å². The molecule has 1 saturated heterocycles. The van der Waals surface area contributed by atoms with Crippen LogP contribution in [0.3, 0.4) is 0 Å². The van der Waals surface area contributed by atoms with Gasteiger partial charge < -0.3 is 19.7 Å². The zero-order valence-corrected chi connectivity index (χ0v) is 13.9. The molecule has 0 aromatic heterocycles. The molecule has 6 nitrogen and oxygen atoms in total. The Balaban J connectivity index is 1.57. The Bertz CT molecular complexity index is 760. The molecule has 6 heteroatoms. The largest absolute Gasteiger partial charge is 0.457 e. The summed E-state index contributed by atoms with van der Waals surface area (Å²) in [5.74, 6) is 1.30. The number of nitriles is 1. The van der Waals surface area contributed by atoms with Crippen LogP contribution in [0.2, 0.25) is 0 Å². The Morgan fingerprint density at radius 2 is 1.84 bits per heavy atom. The molecular formula is C19H19N3O3. The molecule has 1 atom stereocenters. The van der Waals surface area contributed by atoms with Crippen LogP contribution in [0.1, 0.15) is 12.0 Å². The number of carbonyl (C=O) groups is 1. The first-order chi connectivity index (χ1) is 12.2. The molecular weight excluding hydrogens is 318 g/mol. The number of benzene rings is 2. The second-order valence-electron chi connectivity index (χ2n) is 5.82. The van der Waals surface area contributed by atoms with Crippen LogP contribution in [0.4, 0.5) is 10.5 Å². The molecule has 2 aromatic rings. The third-order valence-electron chi connectivity index (χ3n) is 4.10.